The van der Waals surface area contributed by atoms with Crippen LogP contribution in [-0.4, -0.2) is 46.7 Å². The molecule has 6 heteroatoms. The van der Waals surface area contributed by atoms with E-state index in [2.05, 4.69) is 4.98 Å². The van der Waals surface area contributed by atoms with Crippen molar-refractivity contribution in [2.45, 2.75) is 6.04 Å². The Hall–Kier alpha value is -3.28. The minimum absolute atomic E-state index is 0.139. The Labute approximate surface area is 156 Å². The average molecular weight is 363 g/mol. The molecule has 1 aliphatic rings. The van der Waals surface area contributed by atoms with Gasteiger partial charge in [0.2, 0.25) is 5.91 Å². The lowest BCUT2D eigenvalue weighted by Gasteiger charge is -2.39. The summed E-state index contributed by atoms with van der Waals surface area (Å²) in [6.07, 6.45) is 1.53. The fourth-order valence-corrected chi connectivity index (χ4v) is 3.48. The number of halogens is 1. The van der Waals surface area contributed by atoms with E-state index in [1.54, 1.807) is 29.0 Å². The predicted molar refractivity (Wildman–Crippen MR) is 99.6 cm³/mol. The van der Waals surface area contributed by atoms with E-state index in [9.17, 15) is 14.0 Å². The number of benzene rings is 2. The molecule has 136 valence electrons. The van der Waals surface area contributed by atoms with E-state index >= 15 is 0 Å². The van der Waals surface area contributed by atoms with Gasteiger partial charge in [-0.05, 0) is 29.8 Å². The van der Waals surface area contributed by atoms with Gasteiger partial charge in [0.05, 0.1) is 11.1 Å². The molecule has 0 N–H and O–H groups in total. The molecule has 2 heterocycles. The molecule has 0 radical (unpaired) electrons. The first-order chi connectivity index (χ1) is 13.1. The van der Waals surface area contributed by atoms with Gasteiger partial charge in [-0.15, -0.1) is 0 Å². The van der Waals surface area contributed by atoms with Gasteiger partial charge in [-0.2, -0.15) is 0 Å². The lowest BCUT2D eigenvalue weighted by atomic mass is 9.99. The summed E-state index contributed by atoms with van der Waals surface area (Å²) in [5, 5.41) is 0.292. The van der Waals surface area contributed by atoms with E-state index in [4.69, 9.17) is 0 Å². The summed E-state index contributed by atoms with van der Waals surface area (Å²) in [6.45, 7) is 0.840. The molecule has 1 aliphatic heterocycles. The fourth-order valence-electron chi connectivity index (χ4n) is 3.48. The van der Waals surface area contributed by atoms with Gasteiger partial charge in [-0.3, -0.25) is 14.6 Å². The maximum Gasteiger partial charge on any atom is 0.257 e. The third kappa shape index (κ3) is 2.93. The van der Waals surface area contributed by atoms with Crippen LogP contribution in [0.25, 0.3) is 10.9 Å². The number of fused-ring (bicyclic) bond motifs is 1. The Morgan fingerprint density at radius 1 is 1.07 bits per heavy atom. The zero-order chi connectivity index (χ0) is 19.0. The Balaban J connectivity index is 1.80. The van der Waals surface area contributed by atoms with Crippen molar-refractivity contribution in [1.82, 2.24) is 14.8 Å². The first kappa shape index (κ1) is 17.1. The number of amides is 2. The predicted octanol–water partition coefficient (Wildman–Crippen LogP) is 3.03. The van der Waals surface area contributed by atoms with Crippen molar-refractivity contribution >= 4 is 22.7 Å². The van der Waals surface area contributed by atoms with E-state index in [0.717, 1.165) is 5.56 Å². The van der Waals surface area contributed by atoms with Crippen LogP contribution in [-0.2, 0) is 4.79 Å². The molecule has 0 aliphatic carbocycles. The second kappa shape index (κ2) is 6.79. The van der Waals surface area contributed by atoms with Crippen molar-refractivity contribution in [1.29, 1.82) is 0 Å². The zero-order valence-electron chi connectivity index (χ0n) is 14.8. The number of hydrogen-bond acceptors (Lipinski definition) is 3. The summed E-state index contributed by atoms with van der Waals surface area (Å²) in [7, 11) is 1.73. The highest BCUT2D eigenvalue weighted by Crippen LogP contribution is 2.29. The number of hydrogen-bond donors (Lipinski definition) is 0. The van der Waals surface area contributed by atoms with Gasteiger partial charge in [0.15, 0.2) is 0 Å². The van der Waals surface area contributed by atoms with Crippen LogP contribution in [0.4, 0.5) is 4.39 Å². The first-order valence-electron chi connectivity index (χ1n) is 8.72. The number of piperazine rings is 1. The zero-order valence-corrected chi connectivity index (χ0v) is 14.8. The van der Waals surface area contributed by atoms with Gasteiger partial charge >= 0.3 is 0 Å². The van der Waals surface area contributed by atoms with Crippen molar-refractivity contribution < 1.29 is 14.0 Å². The highest BCUT2D eigenvalue weighted by molar-refractivity contribution is 6.07. The minimum Gasteiger partial charge on any atom is -0.342 e. The monoisotopic (exact) mass is 363 g/mol. The highest BCUT2D eigenvalue weighted by Gasteiger charge is 2.38. The molecule has 0 bridgehead atoms. The van der Waals surface area contributed by atoms with E-state index in [0.29, 0.717) is 29.6 Å². The van der Waals surface area contributed by atoms with Gasteiger partial charge in [-0.1, -0.05) is 30.3 Å². The molecule has 0 spiro atoms. The summed E-state index contributed by atoms with van der Waals surface area (Å²) in [5.74, 6) is -0.891. The van der Waals surface area contributed by atoms with E-state index in [1.165, 1.54) is 18.3 Å². The third-order valence-corrected chi connectivity index (χ3v) is 4.92. The van der Waals surface area contributed by atoms with Crippen molar-refractivity contribution in [2.24, 2.45) is 0 Å². The standard InChI is InChI=1S/C21H18FN3O2/c1-24-12-13-25(19(21(24)27)14-6-3-2-4-7-14)20(26)16-9-10-17(22)15-8-5-11-23-18(15)16/h2-11,19H,12-13H2,1H3. The number of carbonyl (C=O) groups is 2. The van der Waals surface area contributed by atoms with Crippen molar-refractivity contribution in [3.63, 3.8) is 0 Å². The number of pyridine rings is 1. The number of likely N-dealkylation sites (N-methyl/N-ethyl adjacent to an activating group) is 1. The minimum atomic E-state index is -0.707. The van der Waals surface area contributed by atoms with Crippen LogP contribution in [0.5, 0.6) is 0 Å². The van der Waals surface area contributed by atoms with Gasteiger partial charge in [0.1, 0.15) is 11.9 Å². The van der Waals surface area contributed by atoms with Crippen LogP contribution in [0, 0.1) is 5.82 Å². The molecule has 1 unspecified atom stereocenters. The molecule has 5 nitrogen and oxygen atoms in total. The van der Waals surface area contributed by atoms with Crippen LogP contribution < -0.4 is 0 Å². The van der Waals surface area contributed by atoms with E-state index in [1.807, 2.05) is 30.3 Å². The molecule has 1 atom stereocenters. The molecule has 4 rings (SSSR count). The number of carbonyl (C=O) groups excluding carboxylic acids is 2. The Kier molecular flexibility index (Phi) is 4.32. The molecule has 27 heavy (non-hydrogen) atoms. The number of aromatic nitrogens is 1. The van der Waals surface area contributed by atoms with Crippen LogP contribution in [0.1, 0.15) is 22.0 Å². The fraction of sp³-hybridized carbons (Fsp3) is 0.190. The normalized spacial score (nSPS) is 17.4. The van der Waals surface area contributed by atoms with Crippen LogP contribution in [0.3, 0.4) is 0 Å². The molecule has 2 aromatic carbocycles. The second-order valence-electron chi connectivity index (χ2n) is 6.57. The second-order valence-corrected chi connectivity index (χ2v) is 6.57. The smallest absolute Gasteiger partial charge is 0.257 e. The first-order valence-corrected chi connectivity index (χ1v) is 8.72. The van der Waals surface area contributed by atoms with Gasteiger partial charge in [-0.25, -0.2) is 4.39 Å². The molecule has 1 fully saturated rings. The molecule has 0 saturated carbocycles. The molecule has 1 saturated heterocycles. The largest absolute Gasteiger partial charge is 0.342 e. The number of rotatable bonds is 2. The summed E-state index contributed by atoms with van der Waals surface area (Å²) in [6, 6.07) is 14.5. The van der Waals surface area contributed by atoms with Gasteiger partial charge < -0.3 is 9.80 Å². The Morgan fingerprint density at radius 3 is 2.63 bits per heavy atom. The van der Waals surface area contributed by atoms with E-state index < -0.39 is 11.9 Å². The van der Waals surface area contributed by atoms with Crippen LogP contribution in [0.15, 0.2) is 60.8 Å². The van der Waals surface area contributed by atoms with Crippen molar-refractivity contribution in [3.8, 4) is 0 Å². The Morgan fingerprint density at radius 2 is 1.85 bits per heavy atom. The van der Waals surface area contributed by atoms with Crippen LogP contribution >= 0.6 is 0 Å². The molecule has 3 aromatic rings. The SMILES string of the molecule is CN1CCN(C(=O)c2ccc(F)c3cccnc23)C(c2ccccc2)C1=O. The summed E-state index contributed by atoms with van der Waals surface area (Å²) >= 11 is 0. The Bertz CT molecular complexity index is 1020. The number of nitrogens with zero attached hydrogens (tertiary/aromatic N) is 3. The van der Waals surface area contributed by atoms with E-state index in [-0.39, 0.29) is 11.8 Å². The molecule has 1 aromatic heterocycles. The van der Waals surface area contributed by atoms with Crippen molar-refractivity contribution in [2.75, 3.05) is 20.1 Å². The lowest BCUT2D eigenvalue weighted by molar-refractivity contribution is -0.138. The molecular formula is C21H18FN3O2. The molecular weight excluding hydrogens is 345 g/mol. The summed E-state index contributed by atoms with van der Waals surface area (Å²) < 4.78 is 14.1. The third-order valence-electron chi connectivity index (χ3n) is 4.92. The van der Waals surface area contributed by atoms with Gasteiger partial charge in [0.25, 0.3) is 5.91 Å². The summed E-state index contributed by atoms with van der Waals surface area (Å²) in [5.41, 5.74) is 1.35. The maximum absolute atomic E-state index is 14.1. The van der Waals surface area contributed by atoms with Crippen molar-refractivity contribution in [3.05, 3.63) is 77.7 Å². The summed E-state index contributed by atoms with van der Waals surface area (Å²) in [4.78, 5) is 33.6. The maximum atomic E-state index is 14.1. The topological polar surface area (TPSA) is 53.5 Å². The lowest BCUT2D eigenvalue weighted by Crippen LogP contribution is -2.52. The molecule has 2 amide bonds. The average Bonchev–Trinajstić information content (AvgIpc) is 2.70. The van der Waals surface area contributed by atoms with Gasteiger partial charge in [0, 0.05) is 31.7 Å². The highest BCUT2D eigenvalue weighted by atomic mass is 19.1. The van der Waals surface area contributed by atoms with Crippen LogP contribution in [0.2, 0.25) is 0 Å². The quantitative estimate of drug-likeness (QED) is 0.703.